The number of nitrogens with one attached hydrogen (secondary N) is 1. The number of halogens is 1. The van der Waals surface area contributed by atoms with E-state index >= 15 is 0 Å². The van der Waals surface area contributed by atoms with Gasteiger partial charge in [-0.15, -0.1) is 0 Å². The number of amides is 1. The summed E-state index contributed by atoms with van der Waals surface area (Å²) >= 11 is 0. The Morgan fingerprint density at radius 1 is 1.17 bits per heavy atom. The molecule has 1 atom stereocenters. The molecule has 2 heterocycles. The predicted molar refractivity (Wildman–Crippen MR) is 107 cm³/mol. The Hall–Kier alpha value is -2.80. The number of likely N-dealkylation sites (tertiary alicyclic amines) is 1. The van der Waals surface area contributed by atoms with E-state index < -0.39 is 17.6 Å². The number of carboxylic acids is 1. The summed E-state index contributed by atoms with van der Waals surface area (Å²) in [5.41, 5.74) is 0.478. The van der Waals surface area contributed by atoms with Gasteiger partial charge < -0.3 is 10.4 Å². The summed E-state index contributed by atoms with van der Waals surface area (Å²) < 4.78 is 13.3. The molecular formula is C22H26FN3O3. The number of aromatic nitrogens is 1. The highest BCUT2D eigenvalue weighted by Crippen LogP contribution is 2.27. The fourth-order valence-electron chi connectivity index (χ4n) is 3.63. The van der Waals surface area contributed by atoms with E-state index in [-0.39, 0.29) is 17.6 Å². The van der Waals surface area contributed by atoms with Crippen molar-refractivity contribution >= 4 is 11.9 Å². The van der Waals surface area contributed by atoms with Crippen LogP contribution in [0.3, 0.4) is 0 Å². The number of hydrogen-bond donors (Lipinski definition) is 2. The highest BCUT2D eigenvalue weighted by molar-refractivity contribution is 5.80. The summed E-state index contributed by atoms with van der Waals surface area (Å²) in [6.07, 6.45) is 2.83. The van der Waals surface area contributed by atoms with Crippen LogP contribution in [-0.4, -0.2) is 45.5 Å². The third-order valence-electron chi connectivity index (χ3n) is 5.65. The molecule has 1 amide bonds. The summed E-state index contributed by atoms with van der Waals surface area (Å²) in [6, 6.07) is 11.0. The number of carbonyl (C=O) groups excluding carboxylic acids is 1. The van der Waals surface area contributed by atoms with Gasteiger partial charge in [-0.2, -0.15) is 0 Å². The van der Waals surface area contributed by atoms with Crippen LogP contribution in [0.4, 0.5) is 4.39 Å². The average molecular weight is 399 g/mol. The van der Waals surface area contributed by atoms with Crippen molar-refractivity contribution in [3.63, 3.8) is 0 Å². The summed E-state index contributed by atoms with van der Waals surface area (Å²) in [7, 11) is 0. The quantitative estimate of drug-likeness (QED) is 0.780. The van der Waals surface area contributed by atoms with Crippen LogP contribution in [0.1, 0.15) is 44.0 Å². The minimum Gasteiger partial charge on any atom is -0.480 e. The Balaban J connectivity index is 1.71. The van der Waals surface area contributed by atoms with E-state index in [0.717, 1.165) is 5.56 Å². The van der Waals surface area contributed by atoms with Crippen molar-refractivity contribution in [2.24, 2.45) is 5.92 Å². The van der Waals surface area contributed by atoms with E-state index in [1.54, 1.807) is 38.2 Å². The van der Waals surface area contributed by atoms with Crippen molar-refractivity contribution in [2.75, 3.05) is 13.1 Å². The van der Waals surface area contributed by atoms with Crippen molar-refractivity contribution in [3.8, 4) is 0 Å². The molecule has 1 unspecified atom stereocenters. The fraction of sp³-hybridized carbons (Fsp3) is 0.409. The average Bonchev–Trinajstić information content (AvgIpc) is 2.73. The molecule has 6 nitrogen and oxygen atoms in total. The standard InChI is InChI=1S/C22H26FN3O3/c1-22(2,21(28)29)26-13-10-16(11-14-26)20(27)25-19(18-5-3-4-12-24-18)15-6-8-17(23)9-7-15/h3-9,12,16,19H,10-11,13-14H2,1-2H3,(H,25,27)(H,28,29). The van der Waals surface area contributed by atoms with Crippen LogP contribution in [0.5, 0.6) is 0 Å². The lowest BCUT2D eigenvalue weighted by Gasteiger charge is -2.40. The molecule has 154 valence electrons. The maximum Gasteiger partial charge on any atom is 0.323 e. The van der Waals surface area contributed by atoms with Gasteiger partial charge in [-0.05, 0) is 69.6 Å². The number of piperidine rings is 1. The van der Waals surface area contributed by atoms with Gasteiger partial charge in [0.15, 0.2) is 0 Å². The zero-order valence-electron chi connectivity index (χ0n) is 16.6. The number of benzene rings is 1. The molecule has 0 saturated carbocycles. The Morgan fingerprint density at radius 3 is 2.38 bits per heavy atom. The second-order valence-electron chi connectivity index (χ2n) is 7.87. The minimum absolute atomic E-state index is 0.0993. The Bertz CT molecular complexity index is 847. The molecule has 0 radical (unpaired) electrons. The number of carboxylic acid groups (broad SMARTS) is 1. The van der Waals surface area contributed by atoms with Crippen LogP contribution < -0.4 is 5.32 Å². The van der Waals surface area contributed by atoms with Crippen LogP contribution in [-0.2, 0) is 9.59 Å². The predicted octanol–water partition coefficient (Wildman–Crippen LogP) is 3.00. The number of hydrogen-bond acceptors (Lipinski definition) is 4. The van der Waals surface area contributed by atoms with Gasteiger partial charge in [-0.25, -0.2) is 4.39 Å². The van der Waals surface area contributed by atoms with Crippen molar-refractivity contribution in [1.82, 2.24) is 15.2 Å². The first-order valence-electron chi connectivity index (χ1n) is 9.74. The highest BCUT2D eigenvalue weighted by Gasteiger charge is 2.38. The summed E-state index contributed by atoms with van der Waals surface area (Å²) in [6.45, 7) is 4.45. The normalized spacial score (nSPS) is 16.9. The first-order chi connectivity index (χ1) is 13.8. The van der Waals surface area contributed by atoms with Gasteiger partial charge in [-0.3, -0.25) is 19.5 Å². The third kappa shape index (κ3) is 4.79. The number of pyridine rings is 1. The molecule has 3 rings (SSSR count). The van der Waals surface area contributed by atoms with Crippen molar-refractivity contribution < 1.29 is 19.1 Å². The Morgan fingerprint density at radius 2 is 1.83 bits per heavy atom. The maximum atomic E-state index is 13.3. The lowest BCUT2D eigenvalue weighted by atomic mass is 9.91. The molecule has 1 saturated heterocycles. The molecule has 0 aliphatic carbocycles. The number of aliphatic carboxylic acids is 1. The molecule has 7 heteroatoms. The monoisotopic (exact) mass is 399 g/mol. The molecule has 1 aromatic carbocycles. The summed E-state index contributed by atoms with van der Waals surface area (Å²) in [5.74, 6) is -1.51. The van der Waals surface area contributed by atoms with Gasteiger partial charge in [0.25, 0.3) is 0 Å². The molecule has 2 aromatic rings. The number of nitrogens with zero attached hydrogens (tertiary/aromatic N) is 2. The molecular weight excluding hydrogens is 373 g/mol. The van der Waals surface area contributed by atoms with Gasteiger partial charge in [0.1, 0.15) is 11.4 Å². The zero-order chi connectivity index (χ0) is 21.0. The number of carbonyl (C=O) groups is 2. The molecule has 0 bridgehead atoms. The molecule has 0 spiro atoms. The van der Waals surface area contributed by atoms with E-state index in [1.807, 2.05) is 17.0 Å². The largest absolute Gasteiger partial charge is 0.480 e. The van der Waals surface area contributed by atoms with Gasteiger partial charge in [0.2, 0.25) is 5.91 Å². The lowest BCUT2D eigenvalue weighted by molar-refractivity contribution is -0.150. The van der Waals surface area contributed by atoms with Gasteiger partial charge >= 0.3 is 5.97 Å². The summed E-state index contributed by atoms with van der Waals surface area (Å²) in [4.78, 5) is 30.7. The Labute approximate surface area is 169 Å². The van der Waals surface area contributed by atoms with Crippen LogP contribution in [0.2, 0.25) is 0 Å². The highest BCUT2D eigenvalue weighted by atomic mass is 19.1. The molecule has 1 aromatic heterocycles. The third-order valence-corrected chi connectivity index (χ3v) is 5.65. The topological polar surface area (TPSA) is 82.5 Å². The van der Waals surface area contributed by atoms with Crippen LogP contribution >= 0.6 is 0 Å². The summed E-state index contributed by atoms with van der Waals surface area (Å²) in [5, 5.41) is 12.5. The molecule has 29 heavy (non-hydrogen) atoms. The Kier molecular flexibility index (Phi) is 6.27. The van der Waals surface area contributed by atoms with Crippen LogP contribution in [0.15, 0.2) is 48.7 Å². The van der Waals surface area contributed by atoms with Crippen molar-refractivity contribution in [1.29, 1.82) is 0 Å². The molecule has 2 N–H and O–H groups in total. The smallest absolute Gasteiger partial charge is 0.323 e. The molecule has 1 fully saturated rings. The van der Waals surface area contributed by atoms with Gasteiger partial charge in [-0.1, -0.05) is 18.2 Å². The second-order valence-corrected chi connectivity index (χ2v) is 7.87. The van der Waals surface area contributed by atoms with E-state index in [1.165, 1.54) is 12.1 Å². The fourth-order valence-corrected chi connectivity index (χ4v) is 3.63. The first-order valence-corrected chi connectivity index (χ1v) is 9.74. The SMILES string of the molecule is CC(C)(C(=O)O)N1CCC(C(=O)NC(c2ccc(F)cc2)c2ccccn2)CC1. The minimum atomic E-state index is -0.952. The molecule has 1 aliphatic heterocycles. The van der Waals surface area contributed by atoms with Crippen molar-refractivity contribution in [2.45, 2.75) is 38.3 Å². The van der Waals surface area contributed by atoms with Crippen LogP contribution in [0.25, 0.3) is 0 Å². The first kappa shape index (κ1) is 20.9. The van der Waals surface area contributed by atoms with E-state index in [0.29, 0.717) is 31.6 Å². The van der Waals surface area contributed by atoms with Gasteiger partial charge in [0.05, 0.1) is 11.7 Å². The second kappa shape index (κ2) is 8.69. The number of rotatable bonds is 6. The zero-order valence-corrected chi connectivity index (χ0v) is 16.6. The maximum absolute atomic E-state index is 13.3. The van der Waals surface area contributed by atoms with Crippen LogP contribution in [0, 0.1) is 11.7 Å². The lowest BCUT2D eigenvalue weighted by Crippen LogP contribution is -2.54. The van der Waals surface area contributed by atoms with Crippen molar-refractivity contribution in [3.05, 3.63) is 65.7 Å². The van der Waals surface area contributed by atoms with E-state index in [9.17, 15) is 19.1 Å². The van der Waals surface area contributed by atoms with Gasteiger partial charge in [0, 0.05) is 12.1 Å². The van der Waals surface area contributed by atoms with E-state index in [2.05, 4.69) is 10.3 Å². The van der Waals surface area contributed by atoms with E-state index in [4.69, 9.17) is 0 Å². The molecule has 1 aliphatic rings.